The third-order valence-electron chi connectivity index (χ3n) is 9.10. The first kappa shape index (κ1) is 39.3. The predicted molar refractivity (Wildman–Crippen MR) is 185 cm³/mol. The molecule has 1 aliphatic carbocycles. The van der Waals surface area contributed by atoms with Crippen molar-refractivity contribution in [3.05, 3.63) is 81.1 Å². The Morgan fingerprint density at radius 1 is 1.06 bits per heavy atom. The minimum atomic E-state index is -4.77. The van der Waals surface area contributed by atoms with Crippen LogP contribution in [0.5, 0.6) is 11.5 Å². The van der Waals surface area contributed by atoms with Crippen molar-refractivity contribution in [1.29, 1.82) is 0 Å². The first-order valence-corrected chi connectivity index (χ1v) is 19.0. The molecule has 0 bridgehead atoms. The van der Waals surface area contributed by atoms with Crippen molar-refractivity contribution < 1.29 is 50.4 Å². The number of pyridine rings is 1. The molecule has 1 unspecified atom stereocenters. The van der Waals surface area contributed by atoms with Gasteiger partial charge in [0.1, 0.15) is 31.5 Å². The van der Waals surface area contributed by atoms with E-state index in [0.29, 0.717) is 17.7 Å². The molecular formula is C35H40Cl2F5N3O5P+. The maximum atomic E-state index is 14.3. The first-order valence-electron chi connectivity index (χ1n) is 16.6. The Bertz CT molecular complexity index is 1650. The number of ether oxygens (including phenoxy) is 3. The zero-order valence-corrected chi connectivity index (χ0v) is 30.6. The van der Waals surface area contributed by atoms with E-state index in [1.165, 1.54) is 29.5 Å². The summed E-state index contributed by atoms with van der Waals surface area (Å²) in [5.74, 6) is -0.896. The number of hydrogen-bond donors (Lipinski definition) is 1. The van der Waals surface area contributed by atoms with E-state index in [0.717, 1.165) is 63.4 Å². The summed E-state index contributed by atoms with van der Waals surface area (Å²) in [6.45, 7) is 0.766. The molecular weight excluding hydrogens is 739 g/mol. The summed E-state index contributed by atoms with van der Waals surface area (Å²) < 4.78 is 89.0. The molecule has 3 aromatic rings. The molecule has 0 radical (unpaired) electrons. The number of esters is 1. The number of rotatable bonds is 15. The Hall–Kier alpha value is -2.96. The Labute approximate surface area is 304 Å². The molecule has 2 aliphatic rings. The maximum absolute atomic E-state index is 14.3. The van der Waals surface area contributed by atoms with Crippen LogP contribution >= 0.6 is 31.5 Å². The third kappa shape index (κ3) is 10.3. The molecule has 2 heterocycles. The van der Waals surface area contributed by atoms with Crippen molar-refractivity contribution in [1.82, 2.24) is 4.90 Å². The Morgan fingerprint density at radius 3 is 2.33 bits per heavy atom. The lowest BCUT2D eigenvalue weighted by molar-refractivity contribution is -0.671. The van der Waals surface area contributed by atoms with Gasteiger partial charge in [0.2, 0.25) is 0 Å². The molecule has 1 aromatic heterocycles. The van der Waals surface area contributed by atoms with Crippen LogP contribution in [0.15, 0.2) is 48.8 Å². The van der Waals surface area contributed by atoms with Gasteiger partial charge in [0.25, 0.3) is 0 Å². The van der Waals surface area contributed by atoms with Gasteiger partial charge in [-0.2, -0.15) is 22.0 Å². The van der Waals surface area contributed by atoms with Crippen molar-refractivity contribution >= 4 is 43.2 Å². The van der Waals surface area contributed by atoms with Gasteiger partial charge in [-0.05, 0) is 87.3 Å². The van der Waals surface area contributed by atoms with E-state index in [4.69, 9.17) is 37.4 Å². The van der Waals surface area contributed by atoms with Gasteiger partial charge in [-0.3, -0.25) is 0 Å². The lowest BCUT2D eigenvalue weighted by Gasteiger charge is -2.31. The van der Waals surface area contributed by atoms with E-state index in [-0.39, 0.29) is 58.3 Å². The molecule has 51 heavy (non-hydrogen) atoms. The number of likely N-dealkylation sites (tertiary alicyclic amines) is 1. The minimum absolute atomic E-state index is 0.0158. The van der Waals surface area contributed by atoms with E-state index in [1.807, 2.05) is 0 Å². The summed E-state index contributed by atoms with van der Waals surface area (Å²) in [6, 6.07) is 7.06. The number of nitrogens with zero attached hydrogens (tertiary/aromatic N) is 3. The van der Waals surface area contributed by atoms with Gasteiger partial charge in [-0.15, -0.1) is 0 Å². The van der Waals surface area contributed by atoms with E-state index in [9.17, 15) is 31.6 Å². The lowest BCUT2D eigenvalue weighted by atomic mass is 9.86. The molecule has 1 aliphatic heterocycles. The molecule has 2 fully saturated rings. The molecule has 1 N–H and O–H groups in total. The van der Waals surface area contributed by atoms with Gasteiger partial charge in [0, 0.05) is 25.1 Å². The second-order valence-corrected chi connectivity index (χ2v) is 15.1. The molecule has 278 valence electrons. The van der Waals surface area contributed by atoms with Crippen LogP contribution in [0.2, 0.25) is 10.0 Å². The Balaban J connectivity index is 1.50. The number of benzene rings is 2. The first-order chi connectivity index (χ1) is 24.2. The molecule has 0 amide bonds. The minimum Gasteiger partial charge on any atom is -0.489 e. The normalized spacial score (nSPS) is 16.5. The zero-order chi connectivity index (χ0) is 36.9. The molecule has 1 saturated heterocycles. The fraction of sp³-hybridized carbons (Fsp3) is 0.486. The van der Waals surface area contributed by atoms with Crippen molar-refractivity contribution in [2.45, 2.75) is 57.4 Å². The maximum Gasteiger partial charge on any atom is 0.418 e. The highest BCUT2D eigenvalue weighted by Crippen LogP contribution is 2.45. The van der Waals surface area contributed by atoms with Gasteiger partial charge in [-0.25, -0.2) is 9.36 Å². The number of aryl methyl sites for hydroxylation is 1. The van der Waals surface area contributed by atoms with Crippen LogP contribution in [0, 0.1) is 5.92 Å². The zero-order valence-electron chi connectivity index (χ0n) is 28.1. The highest BCUT2D eigenvalue weighted by molar-refractivity contribution is 7.52. The molecule has 8 nitrogen and oxygen atoms in total. The summed E-state index contributed by atoms with van der Waals surface area (Å²) in [5.41, 5.74) is -0.802. The van der Waals surface area contributed by atoms with E-state index >= 15 is 0 Å². The molecule has 2 aromatic carbocycles. The quantitative estimate of drug-likeness (QED) is 0.0717. The second kappa shape index (κ2) is 17.2. The molecule has 16 heteroatoms. The fourth-order valence-electron chi connectivity index (χ4n) is 6.14. The van der Waals surface area contributed by atoms with Gasteiger partial charge >= 0.3 is 18.8 Å². The number of carbonyl (C=O) groups is 1. The van der Waals surface area contributed by atoms with Crippen molar-refractivity contribution in [2.75, 3.05) is 44.1 Å². The number of carbonyl (C=O) groups excluding carboxylic acids is 1. The summed E-state index contributed by atoms with van der Waals surface area (Å²) >= 11 is 13.1. The highest BCUT2D eigenvalue weighted by atomic mass is 35.5. The van der Waals surface area contributed by atoms with E-state index in [1.54, 1.807) is 24.0 Å². The van der Waals surface area contributed by atoms with Gasteiger partial charge in [0.05, 0.1) is 23.4 Å². The van der Waals surface area contributed by atoms with Gasteiger partial charge in [-0.1, -0.05) is 35.7 Å². The van der Waals surface area contributed by atoms with Crippen LogP contribution in [0.4, 0.5) is 27.6 Å². The average Bonchev–Trinajstić information content (AvgIpc) is 3.55. The van der Waals surface area contributed by atoms with E-state index < -0.39 is 38.7 Å². The fourth-order valence-corrected chi connectivity index (χ4v) is 7.71. The van der Waals surface area contributed by atoms with E-state index in [2.05, 4.69) is 4.90 Å². The Morgan fingerprint density at radius 2 is 1.75 bits per heavy atom. The summed E-state index contributed by atoms with van der Waals surface area (Å²) in [5, 5.41) is 0.518. The SMILES string of the molecule is C[n+]1cc(Cl)c(C[C@H](OC(=O)c2ccc(C(F)(F)F)c(N(CCN3CCCC3)P(C)O)c2)c2ccc(OC(F)F)c(OCC3CCC3)c2)c(Cl)c1. The van der Waals surface area contributed by atoms with Crippen LogP contribution in [0.3, 0.4) is 0 Å². The summed E-state index contributed by atoms with van der Waals surface area (Å²) in [4.78, 5) is 26.7. The van der Waals surface area contributed by atoms with Crippen LogP contribution in [0.1, 0.15) is 65.3 Å². The molecule has 1 saturated carbocycles. The smallest absolute Gasteiger partial charge is 0.418 e. The topological polar surface area (TPSA) is 75.4 Å². The second-order valence-electron chi connectivity index (χ2n) is 12.8. The predicted octanol–water partition coefficient (Wildman–Crippen LogP) is 8.59. The van der Waals surface area contributed by atoms with Crippen molar-refractivity contribution in [2.24, 2.45) is 13.0 Å². The molecule has 0 spiro atoms. The van der Waals surface area contributed by atoms with Crippen molar-refractivity contribution in [3.63, 3.8) is 0 Å². The van der Waals surface area contributed by atoms with Crippen LogP contribution in [0.25, 0.3) is 0 Å². The van der Waals surface area contributed by atoms with Gasteiger partial charge in [0.15, 0.2) is 23.9 Å². The van der Waals surface area contributed by atoms with Crippen LogP contribution in [-0.2, 0) is 24.4 Å². The highest BCUT2D eigenvalue weighted by Gasteiger charge is 2.37. The number of aromatic nitrogens is 1. The Kier molecular flexibility index (Phi) is 13.3. The van der Waals surface area contributed by atoms with Crippen LogP contribution < -0.4 is 18.7 Å². The number of halogens is 7. The number of anilines is 1. The van der Waals surface area contributed by atoms with Crippen LogP contribution in [-0.4, -0.2) is 61.8 Å². The summed E-state index contributed by atoms with van der Waals surface area (Å²) in [6.07, 6.45) is 2.11. The standard InChI is InChI=1S/C35H40Cl2F5N3O5P/c1-43-19-27(36)25(28(37)20-43)18-31(23-9-11-30(50-34(38)39)32(17-23)48-21-22-6-5-7-22)49-33(46)24-8-10-26(35(40,41)42)29(16-24)45(51(2)47)15-14-44-12-3-4-13-44/h8-11,16-17,19-20,22,31,34,47H,3-7,12-15,18,21H2,1-2H3/q+1/t31-,51?/m0/s1. The number of alkyl halides is 5. The number of hydrogen-bond acceptors (Lipinski definition) is 7. The monoisotopic (exact) mass is 778 g/mol. The largest absolute Gasteiger partial charge is 0.489 e. The summed E-state index contributed by atoms with van der Waals surface area (Å²) in [7, 11) is -0.307. The molecule has 5 rings (SSSR count). The average molecular weight is 780 g/mol. The van der Waals surface area contributed by atoms with Gasteiger partial charge < -0.3 is 28.7 Å². The lowest BCUT2D eigenvalue weighted by Crippen LogP contribution is -2.32. The third-order valence-corrected chi connectivity index (χ3v) is 10.9. The van der Waals surface area contributed by atoms with Crippen molar-refractivity contribution in [3.8, 4) is 11.5 Å². The molecule has 2 atom stereocenters.